The van der Waals surface area contributed by atoms with Crippen molar-refractivity contribution < 1.29 is 0 Å². The Morgan fingerprint density at radius 1 is 1.41 bits per heavy atom. The van der Waals surface area contributed by atoms with Crippen LogP contribution in [0.2, 0.25) is 0 Å². The number of H-pyrrole nitrogens is 1. The van der Waals surface area contributed by atoms with Gasteiger partial charge in [0.25, 0.3) is 5.56 Å². The zero-order chi connectivity index (χ0) is 12.4. The summed E-state index contributed by atoms with van der Waals surface area (Å²) in [6.45, 7) is 0.321. The number of aromatic amines is 1. The molecule has 3 N–H and O–H groups in total. The quantitative estimate of drug-likeness (QED) is 0.835. The molecule has 0 spiro atoms. The molecular weight excluding hydrogens is 288 g/mol. The Bertz CT molecular complexity index is 645. The monoisotopic (exact) mass is 296 g/mol. The molecule has 17 heavy (non-hydrogen) atoms. The van der Waals surface area contributed by atoms with Crippen molar-refractivity contribution in [1.82, 2.24) is 14.5 Å². The number of hydrogen-bond acceptors (Lipinski definition) is 4. The van der Waals surface area contributed by atoms with Crippen LogP contribution in [0.25, 0.3) is 0 Å². The number of rotatable bonds is 2. The highest BCUT2D eigenvalue weighted by Crippen LogP contribution is 2.04. The maximum absolute atomic E-state index is 11.5. The van der Waals surface area contributed by atoms with Crippen molar-refractivity contribution in [3.63, 3.8) is 0 Å². The van der Waals surface area contributed by atoms with E-state index < -0.39 is 11.2 Å². The summed E-state index contributed by atoms with van der Waals surface area (Å²) in [4.78, 5) is 28.8. The molecule has 0 saturated carbocycles. The van der Waals surface area contributed by atoms with Crippen molar-refractivity contribution in [2.45, 2.75) is 6.54 Å². The fourth-order valence-electron chi connectivity index (χ4n) is 1.33. The lowest BCUT2D eigenvalue weighted by atomic mass is 10.3. The van der Waals surface area contributed by atoms with Crippen molar-refractivity contribution in [1.29, 1.82) is 0 Å². The molecule has 0 unspecified atom stereocenters. The Morgan fingerprint density at radius 3 is 2.82 bits per heavy atom. The number of anilines is 1. The molecule has 6 nitrogen and oxygen atoms in total. The molecule has 0 radical (unpaired) electrons. The van der Waals surface area contributed by atoms with E-state index in [1.165, 1.54) is 10.8 Å². The van der Waals surface area contributed by atoms with Crippen LogP contribution in [0.4, 0.5) is 5.82 Å². The van der Waals surface area contributed by atoms with Gasteiger partial charge in [0.2, 0.25) is 0 Å². The number of pyridine rings is 1. The van der Waals surface area contributed by atoms with Gasteiger partial charge in [0, 0.05) is 12.4 Å². The van der Waals surface area contributed by atoms with Gasteiger partial charge in [-0.05, 0) is 27.6 Å². The van der Waals surface area contributed by atoms with Crippen molar-refractivity contribution >= 4 is 21.7 Å². The normalized spacial score (nSPS) is 10.4. The Balaban J connectivity index is 2.36. The summed E-state index contributed by atoms with van der Waals surface area (Å²) >= 11 is 3.07. The Kier molecular flexibility index (Phi) is 3.10. The fraction of sp³-hybridized carbons (Fsp3) is 0.100. The van der Waals surface area contributed by atoms with Crippen LogP contribution in [0.5, 0.6) is 0 Å². The van der Waals surface area contributed by atoms with Gasteiger partial charge < -0.3 is 5.73 Å². The number of hydrogen-bond donors (Lipinski definition) is 2. The molecule has 2 rings (SSSR count). The van der Waals surface area contributed by atoms with Crippen LogP contribution in [0, 0.1) is 0 Å². The van der Waals surface area contributed by atoms with Crippen LogP contribution in [-0.2, 0) is 6.54 Å². The molecule has 0 aliphatic carbocycles. The van der Waals surface area contributed by atoms with Crippen LogP contribution < -0.4 is 17.0 Å². The second kappa shape index (κ2) is 4.54. The Morgan fingerprint density at radius 2 is 2.18 bits per heavy atom. The van der Waals surface area contributed by atoms with Crippen LogP contribution >= 0.6 is 15.9 Å². The van der Waals surface area contributed by atoms with E-state index in [2.05, 4.69) is 25.9 Å². The van der Waals surface area contributed by atoms with E-state index in [1.54, 1.807) is 18.3 Å². The predicted octanol–water partition coefficient (Wildman–Crippen LogP) is 0.325. The molecule has 0 aromatic carbocycles. The largest absolute Gasteiger partial charge is 0.384 e. The highest BCUT2D eigenvalue weighted by Gasteiger charge is 2.03. The number of halogens is 1. The number of nitrogens with two attached hydrogens (primary N) is 1. The molecular formula is C10H9BrN4O2. The minimum Gasteiger partial charge on any atom is -0.384 e. The highest BCUT2D eigenvalue weighted by atomic mass is 79.9. The first-order valence-electron chi connectivity index (χ1n) is 4.76. The molecule has 2 aromatic heterocycles. The molecule has 0 aliphatic heterocycles. The fourth-order valence-corrected chi connectivity index (χ4v) is 1.67. The second-order valence-electron chi connectivity index (χ2n) is 3.46. The molecule has 0 amide bonds. The summed E-state index contributed by atoms with van der Waals surface area (Å²) in [5.74, 6) is 0.420. The van der Waals surface area contributed by atoms with E-state index in [4.69, 9.17) is 5.73 Å². The predicted molar refractivity (Wildman–Crippen MR) is 66.8 cm³/mol. The molecule has 2 heterocycles. The first-order chi connectivity index (χ1) is 8.06. The summed E-state index contributed by atoms with van der Waals surface area (Å²) in [6.07, 6.45) is 3.03. The Hall–Kier alpha value is -1.89. The van der Waals surface area contributed by atoms with E-state index in [1.807, 2.05) is 0 Å². The molecule has 7 heteroatoms. The van der Waals surface area contributed by atoms with Crippen molar-refractivity contribution in [2.75, 3.05) is 5.73 Å². The smallest absolute Gasteiger partial charge is 0.328 e. The third kappa shape index (κ3) is 2.62. The van der Waals surface area contributed by atoms with Gasteiger partial charge in [-0.15, -0.1) is 0 Å². The summed E-state index contributed by atoms with van der Waals surface area (Å²) in [7, 11) is 0. The number of nitrogens with one attached hydrogen (secondary N) is 1. The van der Waals surface area contributed by atoms with Crippen molar-refractivity contribution in [3.8, 4) is 0 Å². The first kappa shape index (κ1) is 11.6. The van der Waals surface area contributed by atoms with Gasteiger partial charge in [0.05, 0.1) is 11.0 Å². The zero-order valence-corrected chi connectivity index (χ0v) is 10.3. The van der Waals surface area contributed by atoms with Gasteiger partial charge in [-0.2, -0.15) is 0 Å². The second-order valence-corrected chi connectivity index (χ2v) is 4.31. The molecule has 2 aromatic rings. The number of nitrogens with zero attached hydrogens (tertiary/aromatic N) is 2. The lowest BCUT2D eigenvalue weighted by molar-refractivity contribution is 0.714. The molecule has 0 aliphatic rings. The summed E-state index contributed by atoms with van der Waals surface area (Å²) in [5.41, 5.74) is 5.37. The van der Waals surface area contributed by atoms with Crippen LogP contribution in [0.3, 0.4) is 0 Å². The van der Waals surface area contributed by atoms with Gasteiger partial charge in [0.15, 0.2) is 0 Å². The number of nitrogen functional groups attached to an aromatic ring is 1. The van der Waals surface area contributed by atoms with E-state index in [0.717, 1.165) is 5.56 Å². The Labute approximate surface area is 104 Å². The lowest BCUT2D eigenvalue weighted by Gasteiger charge is -2.05. The van der Waals surface area contributed by atoms with Crippen LogP contribution in [0.15, 0.2) is 38.6 Å². The SMILES string of the molecule is Nc1ccc(Cn2cc(Br)c(=O)[nH]c2=O)cn1. The van der Waals surface area contributed by atoms with E-state index in [0.29, 0.717) is 16.8 Å². The molecule has 0 bridgehead atoms. The van der Waals surface area contributed by atoms with Crippen LogP contribution in [0.1, 0.15) is 5.56 Å². The van der Waals surface area contributed by atoms with Crippen molar-refractivity contribution in [2.24, 2.45) is 0 Å². The van der Waals surface area contributed by atoms with Gasteiger partial charge in [0.1, 0.15) is 5.82 Å². The summed E-state index contributed by atoms with van der Waals surface area (Å²) in [5, 5.41) is 0. The van der Waals surface area contributed by atoms with Gasteiger partial charge in [-0.25, -0.2) is 9.78 Å². The van der Waals surface area contributed by atoms with Crippen molar-refractivity contribution in [3.05, 3.63) is 55.4 Å². The van der Waals surface area contributed by atoms with E-state index >= 15 is 0 Å². The van der Waals surface area contributed by atoms with Gasteiger partial charge >= 0.3 is 5.69 Å². The standard InChI is InChI=1S/C10H9BrN4O2/c11-7-5-15(10(17)14-9(7)16)4-6-1-2-8(12)13-3-6/h1-3,5H,4H2,(H2,12,13)(H,14,16,17). The zero-order valence-electron chi connectivity index (χ0n) is 8.68. The van der Waals surface area contributed by atoms with Gasteiger partial charge in [-0.3, -0.25) is 14.3 Å². The van der Waals surface area contributed by atoms with Gasteiger partial charge in [-0.1, -0.05) is 6.07 Å². The average Bonchev–Trinajstić information content (AvgIpc) is 2.29. The van der Waals surface area contributed by atoms with E-state index in [-0.39, 0.29) is 0 Å². The minimum absolute atomic E-state index is 0.306. The highest BCUT2D eigenvalue weighted by molar-refractivity contribution is 9.10. The molecule has 0 saturated heterocycles. The first-order valence-corrected chi connectivity index (χ1v) is 5.55. The molecule has 0 fully saturated rings. The summed E-state index contributed by atoms with van der Waals surface area (Å²) < 4.78 is 1.68. The lowest BCUT2D eigenvalue weighted by Crippen LogP contribution is -2.30. The maximum atomic E-state index is 11.5. The average molecular weight is 297 g/mol. The third-order valence-electron chi connectivity index (χ3n) is 2.17. The molecule has 0 atom stereocenters. The minimum atomic E-state index is -0.463. The topological polar surface area (TPSA) is 93.8 Å². The third-order valence-corrected chi connectivity index (χ3v) is 2.73. The maximum Gasteiger partial charge on any atom is 0.328 e. The van der Waals surface area contributed by atoms with Crippen LogP contribution in [-0.4, -0.2) is 14.5 Å². The van der Waals surface area contributed by atoms with E-state index in [9.17, 15) is 9.59 Å². The summed E-state index contributed by atoms with van der Waals surface area (Å²) in [6, 6.07) is 3.43. The number of aromatic nitrogens is 3. The molecule has 88 valence electrons.